The highest BCUT2D eigenvalue weighted by Gasteiger charge is 2.35. The van der Waals surface area contributed by atoms with E-state index in [1.165, 1.54) is 0 Å². The number of hydrogen-bond acceptors (Lipinski definition) is 5. The van der Waals surface area contributed by atoms with E-state index in [0.717, 1.165) is 16.5 Å². The summed E-state index contributed by atoms with van der Waals surface area (Å²) in [5.41, 5.74) is 1.98. The van der Waals surface area contributed by atoms with Crippen LogP contribution < -0.4 is 14.8 Å². The highest BCUT2D eigenvalue weighted by Crippen LogP contribution is 2.37. The van der Waals surface area contributed by atoms with Gasteiger partial charge in [-0.2, -0.15) is 0 Å². The second-order valence-corrected chi connectivity index (χ2v) is 9.89. The minimum atomic E-state index is -1.16. The Hall–Kier alpha value is -3.52. The number of carboxylic acids is 1. The standard InChI is InChI=1S/C26H30N2O6/c1-26(2,3)12-20(29)23(15-8-9-21-22(11-15)34-14-33-21)24(30)28-19(25(31)32)10-16-13-27-18-7-5-4-6-17(16)18/h4-9,11,13,19-20,23,27,29H,10,12,14H2,1-3H3,(H,28,30)(H,31,32)/t19-,20?,23?/m0/s1. The lowest BCUT2D eigenvalue weighted by atomic mass is 9.81. The zero-order chi connectivity index (χ0) is 24.5. The molecule has 8 heteroatoms. The molecule has 1 aliphatic heterocycles. The number of nitrogens with one attached hydrogen (secondary N) is 2. The molecule has 34 heavy (non-hydrogen) atoms. The van der Waals surface area contributed by atoms with Crippen molar-refractivity contribution in [3.8, 4) is 11.5 Å². The number of aromatic nitrogens is 1. The minimum Gasteiger partial charge on any atom is -0.480 e. The smallest absolute Gasteiger partial charge is 0.326 e. The largest absolute Gasteiger partial charge is 0.480 e. The zero-order valence-corrected chi connectivity index (χ0v) is 19.5. The van der Waals surface area contributed by atoms with Crippen molar-refractivity contribution < 1.29 is 29.3 Å². The third kappa shape index (κ3) is 5.17. The molecule has 0 aliphatic carbocycles. The molecule has 0 bridgehead atoms. The number of amides is 1. The first-order valence-corrected chi connectivity index (χ1v) is 11.3. The van der Waals surface area contributed by atoms with Crippen LogP contribution in [0.25, 0.3) is 10.9 Å². The second-order valence-electron chi connectivity index (χ2n) is 9.89. The maximum absolute atomic E-state index is 13.5. The van der Waals surface area contributed by atoms with Gasteiger partial charge in [0.05, 0.1) is 12.0 Å². The number of carboxylic acid groups (broad SMARTS) is 1. The number of ether oxygens (including phenoxy) is 2. The molecule has 3 atom stereocenters. The van der Waals surface area contributed by atoms with Gasteiger partial charge in [0.2, 0.25) is 12.7 Å². The molecular formula is C26H30N2O6. The molecule has 0 saturated heterocycles. The molecule has 1 aliphatic rings. The first kappa shape index (κ1) is 23.6. The van der Waals surface area contributed by atoms with Crippen molar-refractivity contribution in [3.63, 3.8) is 0 Å². The van der Waals surface area contributed by atoms with Gasteiger partial charge < -0.3 is 30.0 Å². The summed E-state index contributed by atoms with van der Waals surface area (Å²) in [4.78, 5) is 28.7. The van der Waals surface area contributed by atoms with Crippen LogP contribution in [0.2, 0.25) is 0 Å². The van der Waals surface area contributed by atoms with Crippen molar-refractivity contribution in [2.24, 2.45) is 5.41 Å². The Balaban J connectivity index is 1.60. The van der Waals surface area contributed by atoms with Crippen molar-refractivity contribution in [1.29, 1.82) is 0 Å². The van der Waals surface area contributed by atoms with Gasteiger partial charge in [-0.15, -0.1) is 0 Å². The first-order valence-electron chi connectivity index (χ1n) is 11.3. The van der Waals surface area contributed by atoms with Crippen LogP contribution in [0.3, 0.4) is 0 Å². The highest BCUT2D eigenvalue weighted by atomic mass is 16.7. The SMILES string of the molecule is CC(C)(C)CC(O)C(C(=O)N[C@@H](Cc1c[nH]c2ccccc12)C(=O)O)c1ccc2c(c1)OCO2. The molecule has 1 amide bonds. The summed E-state index contributed by atoms with van der Waals surface area (Å²) < 4.78 is 10.8. The van der Waals surface area contributed by atoms with Crippen LogP contribution in [0.5, 0.6) is 11.5 Å². The molecule has 4 rings (SSSR count). The number of fused-ring (bicyclic) bond motifs is 2. The fourth-order valence-electron chi connectivity index (χ4n) is 4.38. The molecule has 2 aromatic carbocycles. The minimum absolute atomic E-state index is 0.0892. The highest BCUT2D eigenvalue weighted by molar-refractivity contribution is 5.90. The van der Waals surface area contributed by atoms with Crippen LogP contribution in [0.1, 0.15) is 44.2 Å². The number of para-hydroxylation sites is 1. The van der Waals surface area contributed by atoms with E-state index in [2.05, 4.69) is 10.3 Å². The van der Waals surface area contributed by atoms with Crippen molar-refractivity contribution in [1.82, 2.24) is 10.3 Å². The zero-order valence-electron chi connectivity index (χ0n) is 19.5. The third-order valence-corrected chi connectivity index (χ3v) is 5.96. The van der Waals surface area contributed by atoms with Gasteiger partial charge in [-0.1, -0.05) is 45.0 Å². The monoisotopic (exact) mass is 466 g/mol. The number of carbonyl (C=O) groups is 2. The van der Waals surface area contributed by atoms with Crippen molar-refractivity contribution in [2.45, 2.75) is 51.7 Å². The number of rotatable bonds is 8. The maximum atomic E-state index is 13.5. The van der Waals surface area contributed by atoms with Crippen LogP contribution in [0.15, 0.2) is 48.7 Å². The maximum Gasteiger partial charge on any atom is 0.326 e. The molecule has 180 valence electrons. The molecule has 8 nitrogen and oxygen atoms in total. The summed E-state index contributed by atoms with van der Waals surface area (Å²) >= 11 is 0. The van der Waals surface area contributed by atoms with Crippen LogP contribution in [-0.2, 0) is 16.0 Å². The Morgan fingerprint density at radius 3 is 2.59 bits per heavy atom. The summed E-state index contributed by atoms with van der Waals surface area (Å²) in [6, 6.07) is 11.5. The summed E-state index contributed by atoms with van der Waals surface area (Å²) in [6.07, 6.45) is 1.19. The number of aliphatic hydroxyl groups is 1. The Morgan fingerprint density at radius 1 is 1.12 bits per heavy atom. The molecule has 1 aromatic heterocycles. The number of carbonyl (C=O) groups excluding carboxylic acids is 1. The van der Waals surface area contributed by atoms with Gasteiger partial charge in [-0.3, -0.25) is 4.79 Å². The van der Waals surface area contributed by atoms with E-state index in [1.807, 2.05) is 45.0 Å². The normalized spacial score (nSPS) is 15.6. The van der Waals surface area contributed by atoms with Crippen LogP contribution in [0, 0.1) is 5.41 Å². The fourth-order valence-corrected chi connectivity index (χ4v) is 4.38. The van der Waals surface area contributed by atoms with E-state index in [0.29, 0.717) is 23.5 Å². The van der Waals surface area contributed by atoms with E-state index in [9.17, 15) is 19.8 Å². The Morgan fingerprint density at radius 2 is 1.85 bits per heavy atom. The van der Waals surface area contributed by atoms with Gasteiger partial charge in [-0.05, 0) is 41.2 Å². The van der Waals surface area contributed by atoms with Gasteiger partial charge in [0.1, 0.15) is 6.04 Å². The Kier molecular flexibility index (Phi) is 6.52. The number of aliphatic hydroxyl groups excluding tert-OH is 1. The van der Waals surface area contributed by atoms with Crippen molar-refractivity contribution in [3.05, 3.63) is 59.8 Å². The van der Waals surface area contributed by atoms with Gasteiger partial charge in [0, 0.05) is 23.5 Å². The molecule has 0 saturated carbocycles. The molecule has 2 heterocycles. The topological polar surface area (TPSA) is 121 Å². The predicted molar refractivity (Wildman–Crippen MR) is 127 cm³/mol. The molecule has 2 unspecified atom stereocenters. The summed E-state index contributed by atoms with van der Waals surface area (Å²) in [5, 5.41) is 24.5. The van der Waals surface area contributed by atoms with Crippen molar-refractivity contribution >= 4 is 22.8 Å². The van der Waals surface area contributed by atoms with E-state index in [-0.39, 0.29) is 18.6 Å². The number of hydrogen-bond donors (Lipinski definition) is 4. The molecule has 3 aromatic rings. The van der Waals surface area contributed by atoms with E-state index in [4.69, 9.17) is 9.47 Å². The van der Waals surface area contributed by atoms with E-state index in [1.54, 1.807) is 24.4 Å². The second kappa shape index (κ2) is 9.38. The molecule has 0 radical (unpaired) electrons. The van der Waals surface area contributed by atoms with E-state index >= 15 is 0 Å². The lowest BCUT2D eigenvalue weighted by Crippen LogP contribution is -2.47. The van der Waals surface area contributed by atoms with Crippen LogP contribution >= 0.6 is 0 Å². The quantitative estimate of drug-likeness (QED) is 0.403. The molecule has 0 spiro atoms. The van der Waals surface area contributed by atoms with Gasteiger partial charge >= 0.3 is 5.97 Å². The summed E-state index contributed by atoms with van der Waals surface area (Å²) in [7, 11) is 0. The van der Waals surface area contributed by atoms with Gasteiger partial charge in [0.25, 0.3) is 0 Å². The number of benzene rings is 2. The summed E-state index contributed by atoms with van der Waals surface area (Å²) in [5.74, 6) is -1.61. The molecular weight excluding hydrogens is 436 g/mol. The Labute approximate surface area is 197 Å². The number of H-pyrrole nitrogens is 1. The van der Waals surface area contributed by atoms with E-state index < -0.39 is 29.9 Å². The average Bonchev–Trinajstić information content (AvgIpc) is 3.39. The van der Waals surface area contributed by atoms with Crippen molar-refractivity contribution in [2.75, 3.05) is 6.79 Å². The van der Waals surface area contributed by atoms with Crippen LogP contribution in [-0.4, -0.2) is 46.0 Å². The van der Waals surface area contributed by atoms with Gasteiger partial charge in [-0.25, -0.2) is 4.79 Å². The third-order valence-electron chi connectivity index (χ3n) is 5.96. The number of aliphatic carboxylic acids is 1. The fraction of sp³-hybridized carbons (Fsp3) is 0.385. The summed E-state index contributed by atoms with van der Waals surface area (Å²) in [6.45, 7) is 6.01. The lowest BCUT2D eigenvalue weighted by molar-refractivity contribution is -0.142. The molecule has 4 N–H and O–H groups in total. The van der Waals surface area contributed by atoms with Gasteiger partial charge in [0.15, 0.2) is 11.5 Å². The number of aromatic amines is 1. The average molecular weight is 467 g/mol. The first-order chi connectivity index (χ1) is 16.1. The predicted octanol–water partition coefficient (Wildman–Crippen LogP) is 3.59. The van der Waals surface area contributed by atoms with Crippen LogP contribution in [0.4, 0.5) is 0 Å². The molecule has 0 fully saturated rings. The lowest BCUT2D eigenvalue weighted by Gasteiger charge is -2.29. The Bertz CT molecular complexity index is 1200.